The number of benzene rings is 1. The van der Waals surface area contributed by atoms with Gasteiger partial charge in [0.15, 0.2) is 5.76 Å². The minimum absolute atomic E-state index is 0.0860. The zero-order chi connectivity index (χ0) is 18.8. The number of fused-ring (bicyclic) bond motifs is 1. The third kappa shape index (κ3) is 3.52. The summed E-state index contributed by atoms with van der Waals surface area (Å²) in [6.45, 7) is -0.526. The topological polar surface area (TPSA) is 89.7 Å². The molecule has 0 saturated carbocycles. The van der Waals surface area contributed by atoms with Gasteiger partial charge in [-0.3, -0.25) is 19.3 Å². The van der Waals surface area contributed by atoms with Crippen molar-refractivity contribution in [1.82, 2.24) is 10.1 Å². The zero-order valence-corrected chi connectivity index (χ0v) is 14.9. The Kier molecular flexibility index (Phi) is 4.55. The normalized spacial score (nSPS) is 13.6. The molecule has 8 heteroatoms. The molecule has 0 spiro atoms. The first-order valence-electron chi connectivity index (χ1n) is 8.19. The minimum atomic E-state index is -0.684. The van der Waals surface area contributed by atoms with E-state index in [1.54, 1.807) is 30.3 Å². The Labute approximate surface area is 158 Å². The molecular weight excluding hydrogens is 368 g/mol. The van der Waals surface area contributed by atoms with Crippen LogP contribution in [0.25, 0.3) is 10.6 Å². The van der Waals surface area contributed by atoms with Gasteiger partial charge in [0.05, 0.1) is 11.3 Å². The molecular formula is C19H14N2O5S. The molecule has 0 aliphatic carbocycles. The van der Waals surface area contributed by atoms with Crippen LogP contribution < -0.4 is 0 Å². The summed E-state index contributed by atoms with van der Waals surface area (Å²) >= 11 is 1.51. The van der Waals surface area contributed by atoms with Crippen LogP contribution in [0.3, 0.4) is 0 Å². The average Bonchev–Trinajstić information content (AvgIpc) is 3.35. The number of ether oxygens (including phenoxy) is 1. The maximum absolute atomic E-state index is 12.4. The van der Waals surface area contributed by atoms with E-state index in [2.05, 4.69) is 5.16 Å². The number of thiophene rings is 1. The van der Waals surface area contributed by atoms with Crippen molar-refractivity contribution in [3.8, 4) is 10.6 Å². The second-order valence-corrected chi connectivity index (χ2v) is 6.89. The molecule has 2 amide bonds. The molecule has 3 heterocycles. The van der Waals surface area contributed by atoms with Crippen molar-refractivity contribution >= 4 is 29.1 Å². The van der Waals surface area contributed by atoms with Gasteiger partial charge in [0.25, 0.3) is 5.91 Å². The number of amides is 2. The highest BCUT2D eigenvalue weighted by Gasteiger charge is 2.32. The van der Waals surface area contributed by atoms with Crippen molar-refractivity contribution < 1.29 is 23.6 Å². The Morgan fingerprint density at radius 3 is 2.89 bits per heavy atom. The average molecular weight is 382 g/mol. The maximum Gasteiger partial charge on any atom is 0.326 e. The Morgan fingerprint density at radius 2 is 2.07 bits per heavy atom. The Bertz CT molecular complexity index is 1010. The van der Waals surface area contributed by atoms with Crippen LogP contribution in [-0.4, -0.2) is 34.4 Å². The van der Waals surface area contributed by atoms with E-state index in [4.69, 9.17) is 9.26 Å². The maximum atomic E-state index is 12.4. The molecule has 1 aromatic carbocycles. The lowest BCUT2D eigenvalue weighted by Crippen LogP contribution is -2.45. The summed E-state index contributed by atoms with van der Waals surface area (Å²) in [5.41, 5.74) is 1.55. The van der Waals surface area contributed by atoms with Gasteiger partial charge in [0.1, 0.15) is 18.8 Å². The first kappa shape index (κ1) is 17.2. The van der Waals surface area contributed by atoms with Crippen LogP contribution >= 0.6 is 11.3 Å². The first-order valence-corrected chi connectivity index (χ1v) is 9.07. The highest BCUT2D eigenvalue weighted by Crippen LogP contribution is 2.25. The molecule has 0 saturated heterocycles. The Balaban J connectivity index is 1.37. The van der Waals surface area contributed by atoms with Crippen molar-refractivity contribution in [2.24, 2.45) is 0 Å². The predicted octanol–water partition coefficient (Wildman–Crippen LogP) is 2.67. The largest absolute Gasteiger partial charge is 0.458 e. The number of imide groups is 1. The van der Waals surface area contributed by atoms with Gasteiger partial charge in [-0.1, -0.05) is 29.4 Å². The van der Waals surface area contributed by atoms with Crippen LogP contribution in [0, 0.1) is 0 Å². The second-order valence-electron chi connectivity index (χ2n) is 5.94. The summed E-state index contributed by atoms with van der Waals surface area (Å²) in [7, 11) is 0. The van der Waals surface area contributed by atoms with Crippen molar-refractivity contribution in [1.29, 1.82) is 0 Å². The second kappa shape index (κ2) is 7.16. The highest BCUT2D eigenvalue weighted by atomic mass is 32.1. The molecule has 0 unspecified atom stereocenters. The van der Waals surface area contributed by atoms with Gasteiger partial charge in [0, 0.05) is 11.6 Å². The summed E-state index contributed by atoms with van der Waals surface area (Å²) in [5, 5.41) is 5.78. The fourth-order valence-electron chi connectivity index (χ4n) is 2.80. The van der Waals surface area contributed by atoms with Gasteiger partial charge in [-0.05, 0) is 23.1 Å². The summed E-state index contributed by atoms with van der Waals surface area (Å²) in [4.78, 5) is 38.6. The number of nitrogens with zero attached hydrogens (tertiary/aromatic N) is 2. The first-order chi connectivity index (χ1) is 13.1. The van der Waals surface area contributed by atoms with Crippen LogP contribution in [-0.2, 0) is 27.4 Å². The van der Waals surface area contributed by atoms with E-state index in [9.17, 15) is 14.4 Å². The van der Waals surface area contributed by atoms with Gasteiger partial charge in [-0.15, -0.1) is 11.3 Å². The lowest BCUT2D eigenvalue weighted by atomic mass is 9.98. The molecule has 2 aromatic heterocycles. The SMILES string of the molecule is O=C(CN1C(=O)Cc2ccccc2C1=O)OCc1cc(-c2cccs2)on1. The molecule has 136 valence electrons. The van der Waals surface area contributed by atoms with Crippen LogP contribution in [0.2, 0.25) is 0 Å². The van der Waals surface area contributed by atoms with E-state index in [0.717, 1.165) is 9.78 Å². The number of esters is 1. The summed E-state index contributed by atoms with van der Waals surface area (Å²) in [6, 6.07) is 12.3. The zero-order valence-electron chi connectivity index (χ0n) is 14.1. The third-order valence-corrected chi connectivity index (χ3v) is 5.01. The molecule has 0 fully saturated rings. The fourth-order valence-corrected chi connectivity index (χ4v) is 3.48. The van der Waals surface area contributed by atoms with Crippen molar-refractivity contribution in [2.45, 2.75) is 13.0 Å². The lowest BCUT2D eigenvalue weighted by molar-refractivity contribution is -0.149. The van der Waals surface area contributed by atoms with Gasteiger partial charge in [0.2, 0.25) is 5.91 Å². The number of aromatic nitrogens is 1. The Hall–Kier alpha value is -3.26. The number of rotatable bonds is 5. The van der Waals surface area contributed by atoms with E-state index in [-0.39, 0.29) is 13.0 Å². The quantitative estimate of drug-likeness (QED) is 0.498. The van der Waals surface area contributed by atoms with Crippen LogP contribution in [0.5, 0.6) is 0 Å². The molecule has 1 aliphatic heterocycles. The third-order valence-electron chi connectivity index (χ3n) is 4.13. The molecule has 0 radical (unpaired) electrons. The van der Waals surface area contributed by atoms with Crippen molar-refractivity contribution in [3.63, 3.8) is 0 Å². The molecule has 0 N–H and O–H groups in total. The van der Waals surface area contributed by atoms with Gasteiger partial charge < -0.3 is 9.26 Å². The molecule has 4 rings (SSSR count). The predicted molar refractivity (Wildman–Crippen MR) is 95.8 cm³/mol. The highest BCUT2D eigenvalue weighted by molar-refractivity contribution is 7.13. The number of carbonyl (C=O) groups is 3. The fraction of sp³-hybridized carbons (Fsp3) is 0.158. The Morgan fingerprint density at radius 1 is 1.22 bits per heavy atom. The van der Waals surface area contributed by atoms with E-state index in [1.165, 1.54) is 11.3 Å². The lowest BCUT2D eigenvalue weighted by Gasteiger charge is -2.25. The van der Waals surface area contributed by atoms with Gasteiger partial charge in [-0.25, -0.2) is 0 Å². The number of carbonyl (C=O) groups excluding carboxylic acids is 3. The standard InChI is InChI=1S/C19H14N2O5S/c22-17-8-12-4-1-2-5-14(12)19(24)21(17)10-18(23)25-11-13-9-15(26-20-13)16-6-3-7-27-16/h1-7,9H,8,10-11H2. The molecule has 0 bridgehead atoms. The molecule has 3 aromatic rings. The summed E-state index contributed by atoms with van der Waals surface area (Å²) < 4.78 is 10.4. The van der Waals surface area contributed by atoms with E-state index in [1.807, 2.05) is 17.5 Å². The molecule has 27 heavy (non-hydrogen) atoms. The molecule has 7 nitrogen and oxygen atoms in total. The number of hydrogen-bond acceptors (Lipinski definition) is 7. The minimum Gasteiger partial charge on any atom is -0.458 e. The summed E-state index contributed by atoms with van der Waals surface area (Å²) in [6.07, 6.45) is 0.0860. The summed E-state index contributed by atoms with van der Waals surface area (Å²) in [5.74, 6) is -0.997. The van der Waals surface area contributed by atoms with Crippen LogP contribution in [0.1, 0.15) is 21.6 Å². The van der Waals surface area contributed by atoms with Crippen molar-refractivity contribution in [3.05, 3.63) is 64.7 Å². The van der Waals surface area contributed by atoms with Gasteiger partial charge >= 0.3 is 5.97 Å². The molecule has 1 aliphatic rings. The van der Waals surface area contributed by atoms with Gasteiger partial charge in [-0.2, -0.15) is 0 Å². The van der Waals surface area contributed by atoms with E-state index >= 15 is 0 Å². The number of hydrogen-bond donors (Lipinski definition) is 0. The van der Waals surface area contributed by atoms with E-state index < -0.39 is 24.3 Å². The monoisotopic (exact) mass is 382 g/mol. The smallest absolute Gasteiger partial charge is 0.326 e. The van der Waals surface area contributed by atoms with E-state index in [0.29, 0.717) is 22.6 Å². The van der Waals surface area contributed by atoms with Crippen LogP contribution in [0.4, 0.5) is 0 Å². The van der Waals surface area contributed by atoms with Crippen molar-refractivity contribution in [2.75, 3.05) is 6.54 Å². The van der Waals surface area contributed by atoms with Crippen LogP contribution in [0.15, 0.2) is 52.4 Å². The molecule has 0 atom stereocenters.